The molecule has 2 unspecified atom stereocenters. The average Bonchev–Trinajstić information content (AvgIpc) is 2.36. The fourth-order valence-electron chi connectivity index (χ4n) is 1.04. The number of carboxylic acid groups (broad SMARTS) is 1. The molecule has 3 N–H and O–H groups in total. The largest absolute Gasteiger partial charge is 0.480 e. The van der Waals surface area contributed by atoms with Crippen LogP contribution in [-0.4, -0.2) is 28.1 Å². The molecule has 2 atom stereocenters. The molecule has 1 rings (SSSR count). The van der Waals surface area contributed by atoms with E-state index in [1.165, 1.54) is 0 Å². The SMILES string of the molecule is NC(C(=O)O)C1CCCS1. The van der Waals surface area contributed by atoms with Gasteiger partial charge in [-0.3, -0.25) is 4.79 Å². The molecule has 0 aromatic carbocycles. The van der Waals surface area contributed by atoms with Gasteiger partial charge in [-0.15, -0.1) is 0 Å². The van der Waals surface area contributed by atoms with Crippen LogP contribution >= 0.6 is 11.8 Å². The van der Waals surface area contributed by atoms with Gasteiger partial charge >= 0.3 is 5.97 Å². The van der Waals surface area contributed by atoms with Gasteiger partial charge in [-0.05, 0) is 18.6 Å². The van der Waals surface area contributed by atoms with Crippen LogP contribution in [0, 0.1) is 0 Å². The van der Waals surface area contributed by atoms with Crippen LogP contribution < -0.4 is 5.73 Å². The van der Waals surface area contributed by atoms with Gasteiger partial charge < -0.3 is 10.8 Å². The predicted octanol–water partition coefficient (Wildman–Crippen LogP) is 0.294. The van der Waals surface area contributed by atoms with Gasteiger partial charge in [0.2, 0.25) is 0 Å². The van der Waals surface area contributed by atoms with E-state index in [0.29, 0.717) is 0 Å². The number of carbonyl (C=O) groups is 1. The van der Waals surface area contributed by atoms with Gasteiger partial charge in [0.05, 0.1) is 0 Å². The Morgan fingerprint density at radius 3 is 2.90 bits per heavy atom. The Morgan fingerprint density at radius 1 is 1.80 bits per heavy atom. The van der Waals surface area contributed by atoms with Gasteiger partial charge in [-0.25, -0.2) is 0 Å². The lowest BCUT2D eigenvalue weighted by Crippen LogP contribution is -2.38. The zero-order valence-corrected chi connectivity index (χ0v) is 6.43. The first-order chi connectivity index (χ1) is 4.72. The lowest BCUT2D eigenvalue weighted by Gasteiger charge is -2.12. The Morgan fingerprint density at radius 2 is 2.50 bits per heavy atom. The second-order valence-electron chi connectivity index (χ2n) is 2.42. The molecule has 0 amide bonds. The molecule has 1 aliphatic rings. The van der Waals surface area contributed by atoms with E-state index >= 15 is 0 Å². The highest BCUT2D eigenvalue weighted by Gasteiger charge is 2.27. The summed E-state index contributed by atoms with van der Waals surface area (Å²) >= 11 is 1.67. The lowest BCUT2D eigenvalue weighted by atomic mass is 10.1. The van der Waals surface area contributed by atoms with Gasteiger partial charge in [0.1, 0.15) is 6.04 Å². The third-order valence-electron chi connectivity index (χ3n) is 1.65. The summed E-state index contributed by atoms with van der Waals surface area (Å²) in [6.07, 6.45) is 2.06. The van der Waals surface area contributed by atoms with E-state index in [9.17, 15) is 4.79 Å². The molecule has 4 heteroatoms. The summed E-state index contributed by atoms with van der Waals surface area (Å²) in [6.45, 7) is 0. The second-order valence-corrected chi connectivity index (χ2v) is 3.76. The summed E-state index contributed by atoms with van der Waals surface area (Å²) in [5.41, 5.74) is 5.40. The van der Waals surface area contributed by atoms with Crippen molar-refractivity contribution in [2.24, 2.45) is 5.73 Å². The molecule has 0 aliphatic carbocycles. The van der Waals surface area contributed by atoms with Crippen molar-refractivity contribution in [1.82, 2.24) is 0 Å². The van der Waals surface area contributed by atoms with E-state index in [-0.39, 0.29) is 5.25 Å². The van der Waals surface area contributed by atoms with Crippen LogP contribution in [0.4, 0.5) is 0 Å². The second kappa shape index (κ2) is 3.25. The molecule has 1 saturated heterocycles. The third-order valence-corrected chi connectivity index (χ3v) is 3.13. The molecule has 0 bridgehead atoms. The summed E-state index contributed by atoms with van der Waals surface area (Å²) in [4.78, 5) is 10.3. The topological polar surface area (TPSA) is 63.3 Å². The van der Waals surface area contributed by atoms with Crippen LogP contribution in [0.3, 0.4) is 0 Å². The molecule has 0 saturated carbocycles. The standard InChI is InChI=1S/C6H11NO2S/c7-5(6(8)9)4-2-1-3-10-4/h4-5H,1-3,7H2,(H,8,9). The minimum absolute atomic E-state index is 0.150. The molecule has 0 aromatic rings. The van der Waals surface area contributed by atoms with E-state index in [0.717, 1.165) is 18.6 Å². The summed E-state index contributed by atoms with van der Waals surface area (Å²) < 4.78 is 0. The predicted molar refractivity (Wildman–Crippen MR) is 41.1 cm³/mol. The summed E-state index contributed by atoms with van der Waals surface area (Å²) in [5.74, 6) is 0.186. The number of hydrogen-bond acceptors (Lipinski definition) is 3. The smallest absolute Gasteiger partial charge is 0.321 e. The molecule has 1 heterocycles. The maximum Gasteiger partial charge on any atom is 0.321 e. The van der Waals surface area contributed by atoms with Crippen LogP contribution in [-0.2, 0) is 4.79 Å². The molecule has 0 aromatic heterocycles. The quantitative estimate of drug-likeness (QED) is 0.611. The fraction of sp³-hybridized carbons (Fsp3) is 0.833. The highest BCUT2D eigenvalue weighted by Crippen LogP contribution is 2.27. The van der Waals surface area contributed by atoms with Crippen molar-refractivity contribution >= 4 is 17.7 Å². The third kappa shape index (κ3) is 1.64. The van der Waals surface area contributed by atoms with Crippen LogP contribution in [0.5, 0.6) is 0 Å². The molecule has 1 aliphatic heterocycles. The minimum atomic E-state index is -0.876. The van der Waals surface area contributed by atoms with Crippen molar-refractivity contribution in [2.45, 2.75) is 24.1 Å². The molecule has 0 radical (unpaired) electrons. The normalized spacial score (nSPS) is 28.3. The van der Waals surface area contributed by atoms with Gasteiger partial charge in [-0.2, -0.15) is 11.8 Å². The summed E-state index contributed by atoms with van der Waals surface area (Å²) in [5, 5.41) is 8.65. The van der Waals surface area contributed by atoms with E-state index in [2.05, 4.69) is 0 Å². The first kappa shape index (κ1) is 7.88. The lowest BCUT2D eigenvalue weighted by molar-refractivity contribution is -0.138. The highest BCUT2D eigenvalue weighted by molar-refractivity contribution is 8.00. The maximum absolute atomic E-state index is 10.3. The molecular weight excluding hydrogens is 150 g/mol. The van der Waals surface area contributed by atoms with E-state index in [1.807, 2.05) is 0 Å². The molecule has 1 fully saturated rings. The maximum atomic E-state index is 10.3. The molecule has 58 valence electrons. The summed E-state index contributed by atoms with van der Waals surface area (Å²) in [6, 6.07) is -0.660. The molecule has 3 nitrogen and oxygen atoms in total. The summed E-state index contributed by atoms with van der Waals surface area (Å²) in [7, 11) is 0. The van der Waals surface area contributed by atoms with Crippen LogP contribution in [0.15, 0.2) is 0 Å². The van der Waals surface area contributed by atoms with Crippen molar-refractivity contribution < 1.29 is 9.90 Å². The van der Waals surface area contributed by atoms with Crippen molar-refractivity contribution in [3.63, 3.8) is 0 Å². The number of rotatable bonds is 2. The first-order valence-corrected chi connectivity index (χ1v) is 4.36. The van der Waals surface area contributed by atoms with Gasteiger partial charge in [-0.1, -0.05) is 0 Å². The van der Waals surface area contributed by atoms with Gasteiger partial charge in [0.15, 0.2) is 0 Å². The van der Waals surface area contributed by atoms with Gasteiger partial charge in [0, 0.05) is 5.25 Å². The Bertz CT molecular complexity index is 134. The number of hydrogen-bond donors (Lipinski definition) is 2. The number of nitrogens with two attached hydrogens (primary N) is 1. The molecule has 10 heavy (non-hydrogen) atoms. The van der Waals surface area contributed by atoms with E-state index in [1.54, 1.807) is 11.8 Å². The number of thioether (sulfide) groups is 1. The van der Waals surface area contributed by atoms with Crippen LogP contribution in [0.2, 0.25) is 0 Å². The first-order valence-electron chi connectivity index (χ1n) is 3.32. The fourth-order valence-corrected chi connectivity index (χ4v) is 2.34. The van der Waals surface area contributed by atoms with E-state index < -0.39 is 12.0 Å². The van der Waals surface area contributed by atoms with Crippen molar-refractivity contribution in [3.05, 3.63) is 0 Å². The van der Waals surface area contributed by atoms with Gasteiger partial charge in [0.25, 0.3) is 0 Å². The molecule has 0 spiro atoms. The Labute approximate surface area is 64.0 Å². The Hall–Kier alpha value is -0.220. The van der Waals surface area contributed by atoms with Crippen LogP contribution in [0.25, 0.3) is 0 Å². The van der Waals surface area contributed by atoms with Crippen molar-refractivity contribution in [2.75, 3.05) is 5.75 Å². The zero-order chi connectivity index (χ0) is 7.56. The Balaban J connectivity index is 2.39. The average molecular weight is 161 g/mol. The molecular formula is C6H11NO2S. The van der Waals surface area contributed by atoms with E-state index in [4.69, 9.17) is 10.8 Å². The van der Waals surface area contributed by atoms with Crippen molar-refractivity contribution in [3.8, 4) is 0 Å². The number of carboxylic acids is 1. The number of aliphatic carboxylic acids is 1. The Kier molecular flexibility index (Phi) is 2.56. The minimum Gasteiger partial charge on any atom is -0.480 e. The zero-order valence-electron chi connectivity index (χ0n) is 5.62. The van der Waals surface area contributed by atoms with Crippen molar-refractivity contribution in [1.29, 1.82) is 0 Å². The highest BCUT2D eigenvalue weighted by atomic mass is 32.2. The van der Waals surface area contributed by atoms with Crippen LogP contribution in [0.1, 0.15) is 12.8 Å². The monoisotopic (exact) mass is 161 g/mol.